The summed E-state index contributed by atoms with van der Waals surface area (Å²) in [4.78, 5) is 13.6. The highest BCUT2D eigenvalue weighted by Crippen LogP contribution is 2.25. The number of carbonyl (C=O) groups excluding carboxylic acids is 1. The van der Waals surface area contributed by atoms with Gasteiger partial charge < -0.3 is 9.32 Å². The lowest BCUT2D eigenvalue weighted by molar-refractivity contribution is 0.0668. The predicted octanol–water partition coefficient (Wildman–Crippen LogP) is 3.51. The minimum Gasteiger partial charge on any atom is -0.451 e. The normalized spacial score (nSPS) is 15.8. The van der Waals surface area contributed by atoms with E-state index in [1.165, 1.54) is 4.90 Å². The molecule has 4 rings (SSSR count). The number of nitrogens with zero attached hydrogens (tertiary/aromatic N) is 2. The van der Waals surface area contributed by atoms with Crippen molar-refractivity contribution in [2.75, 3.05) is 26.2 Å². The first-order valence-electron chi connectivity index (χ1n) is 8.69. The Morgan fingerprint density at radius 3 is 2.41 bits per heavy atom. The van der Waals surface area contributed by atoms with E-state index in [1.54, 1.807) is 24.3 Å². The average Bonchev–Trinajstić information content (AvgIpc) is 3.10. The van der Waals surface area contributed by atoms with Gasteiger partial charge in [0.1, 0.15) is 22.1 Å². The largest absolute Gasteiger partial charge is 0.451 e. The maximum atomic E-state index is 13.9. The second kappa shape index (κ2) is 7.40. The van der Waals surface area contributed by atoms with Gasteiger partial charge in [-0.3, -0.25) is 4.79 Å². The molecule has 0 spiro atoms. The van der Waals surface area contributed by atoms with Gasteiger partial charge >= 0.3 is 0 Å². The molecule has 0 saturated carbocycles. The number of fused-ring (bicyclic) bond motifs is 1. The zero-order chi connectivity index (χ0) is 20.8. The molecular weight excluding hydrogens is 426 g/mol. The Kier molecular flexibility index (Phi) is 5.05. The van der Waals surface area contributed by atoms with Crippen LogP contribution in [-0.4, -0.2) is 49.7 Å². The maximum Gasteiger partial charge on any atom is 0.289 e. The summed E-state index contributed by atoms with van der Waals surface area (Å²) >= 11 is 5.94. The predicted molar refractivity (Wildman–Crippen MR) is 102 cm³/mol. The molecule has 2 heterocycles. The summed E-state index contributed by atoms with van der Waals surface area (Å²) in [6.07, 6.45) is 0. The van der Waals surface area contributed by atoms with E-state index in [-0.39, 0.29) is 37.8 Å². The molecule has 1 saturated heterocycles. The lowest BCUT2D eigenvalue weighted by Crippen LogP contribution is -2.50. The molecule has 29 heavy (non-hydrogen) atoms. The van der Waals surface area contributed by atoms with Crippen molar-refractivity contribution in [1.82, 2.24) is 9.21 Å². The number of carbonyl (C=O) groups is 1. The molecule has 0 N–H and O–H groups in total. The summed E-state index contributed by atoms with van der Waals surface area (Å²) in [6, 6.07) is 8.90. The van der Waals surface area contributed by atoms with Crippen LogP contribution in [0.5, 0.6) is 0 Å². The van der Waals surface area contributed by atoms with E-state index in [9.17, 15) is 22.0 Å². The third kappa shape index (κ3) is 3.73. The van der Waals surface area contributed by atoms with Gasteiger partial charge in [-0.1, -0.05) is 11.6 Å². The molecular formula is C19H15ClF2N2O4S. The van der Waals surface area contributed by atoms with E-state index in [4.69, 9.17) is 16.0 Å². The molecule has 0 atom stereocenters. The van der Waals surface area contributed by atoms with Crippen LogP contribution in [0.3, 0.4) is 0 Å². The van der Waals surface area contributed by atoms with Gasteiger partial charge in [0.2, 0.25) is 10.0 Å². The van der Waals surface area contributed by atoms with E-state index in [2.05, 4.69) is 0 Å². The highest BCUT2D eigenvalue weighted by atomic mass is 35.5. The molecule has 1 amide bonds. The molecule has 1 fully saturated rings. The molecule has 3 aromatic rings. The van der Waals surface area contributed by atoms with Crippen LogP contribution in [-0.2, 0) is 10.0 Å². The number of hydrogen-bond acceptors (Lipinski definition) is 4. The number of sulfonamides is 1. The van der Waals surface area contributed by atoms with Gasteiger partial charge in [0.25, 0.3) is 5.91 Å². The molecule has 0 radical (unpaired) electrons. The van der Waals surface area contributed by atoms with E-state index in [0.717, 1.165) is 16.4 Å². The first-order valence-corrected chi connectivity index (χ1v) is 10.5. The third-order valence-electron chi connectivity index (χ3n) is 4.73. The number of piperazine rings is 1. The van der Waals surface area contributed by atoms with Gasteiger partial charge in [0.05, 0.1) is 0 Å². The lowest BCUT2D eigenvalue weighted by Gasteiger charge is -2.33. The monoisotopic (exact) mass is 440 g/mol. The van der Waals surface area contributed by atoms with Crippen molar-refractivity contribution >= 4 is 38.5 Å². The van der Waals surface area contributed by atoms with Crippen LogP contribution >= 0.6 is 11.6 Å². The molecule has 1 aliphatic rings. The fourth-order valence-corrected chi connectivity index (χ4v) is 4.88. The van der Waals surface area contributed by atoms with Crippen LogP contribution in [0.25, 0.3) is 11.0 Å². The Labute approximate surface area is 170 Å². The molecule has 1 aliphatic heterocycles. The first kappa shape index (κ1) is 19.8. The first-order chi connectivity index (χ1) is 13.8. The van der Waals surface area contributed by atoms with Gasteiger partial charge in [-0.25, -0.2) is 17.2 Å². The van der Waals surface area contributed by atoms with Gasteiger partial charge in [-0.05, 0) is 36.4 Å². The average molecular weight is 441 g/mol. The SMILES string of the molecule is O=C(c1cc2cc(Cl)ccc2o1)N1CCN(S(=O)(=O)c2ccc(F)cc2F)CC1. The Balaban J connectivity index is 1.49. The molecule has 0 aliphatic carbocycles. The van der Waals surface area contributed by atoms with Crippen LogP contribution in [0.1, 0.15) is 10.6 Å². The third-order valence-corrected chi connectivity index (χ3v) is 6.89. The van der Waals surface area contributed by atoms with Crippen LogP contribution in [0.2, 0.25) is 5.02 Å². The Bertz CT molecular complexity index is 1200. The minimum absolute atomic E-state index is 0.0169. The van der Waals surface area contributed by atoms with Crippen molar-refractivity contribution < 1.29 is 26.4 Å². The van der Waals surface area contributed by atoms with Crippen molar-refractivity contribution in [3.63, 3.8) is 0 Å². The Hall–Kier alpha value is -2.49. The van der Waals surface area contributed by atoms with Crippen LogP contribution in [0.15, 0.2) is 51.8 Å². The number of amides is 1. The Morgan fingerprint density at radius 2 is 1.72 bits per heavy atom. The molecule has 0 unspecified atom stereocenters. The number of hydrogen-bond donors (Lipinski definition) is 0. The molecule has 6 nitrogen and oxygen atoms in total. The molecule has 10 heteroatoms. The summed E-state index contributed by atoms with van der Waals surface area (Å²) in [6.45, 7) is 0.186. The van der Waals surface area contributed by atoms with Crippen LogP contribution in [0.4, 0.5) is 8.78 Å². The highest BCUT2D eigenvalue weighted by Gasteiger charge is 2.33. The minimum atomic E-state index is -4.13. The second-order valence-electron chi connectivity index (χ2n) is 6.56. The molecule has 1 aromatic heterocycles. The number of furan rings is 1. The van der Waals surface area contributed by atoms with Gasteiger partial charge in [0, 0.05) is 42.7 Å². The van der Waals surface area contributed by atoms with Crippen LogP contribution < -0.4 is 0 Å². The zero-order valence-corrected chi connectivity index (χ0v) is 16.5. The fourth-order valence-electron chi connectivity index (χ4n) is 3.23. The van der Waals surface area contributed by atoms with E-state index >= 15 is 0 Å². The maximum absolute atomic E-state index is 13.9. The summed E-state index contributed by atoms with van der Waals surface area (Å²) in [7, 11) is -4.13. The van der Waals surface area contributed by atoms with Gasteiger partial charge in [-0.15, -0.1) is 0 Å². The van der Waals surface area contributed by atoms with Crippen molar-refractivity contribution in [2.24, 2.45) is 0 Å². The smallest absolute Gasteiger partial charge is 0.289 e. The van der Waals surface area contributed by atoms with Crippen molar-refractivity contribution in [2.45, 2.75) is 4.90 Å². The lowest BCUT2D eigenvalue weighted by atomic mass is 10.2. The fraction of sp³-hybridized carbons (Fsp3) is 0.211. The summed E-state index contributed by atoms with van der Waals surface area (Å²) in [5, 5.41) is 1.21. The summed E-state index contributed by atoms with van der Waals surface area (Å²) in [5.41, 5.74) is 0.519. The zero-order valence-electron chi connectivity index (χ0n) is 14.9. The Morgan fingerprint density at radius 1 is 1.00 bits per heavy atom. The second-order valence-corrected chi connectivity index (χ2v) is 8.91. The van der Waals surface area contributed by atoms with E-state index in [0.29, 0.717) is 22.1 Å². The standard InChI is InChI=1S/C19H15ClF2N2O4S/c20-13-1-3-16-12(9-13)10-17(28-16)19(25)23-5-7-24(8-6-23)29(26,27)18-4-2-14(21)11-15(18)22/h1-4,9-11H,5-8H2. The van der Waals surface area contributed by atoms with Crippen molar-refractivity contribution in [3.05, 3.63) is 64.9 Å². The van der Waals surface area contributed by atoms with E-state index in [1.807, 2.05) is 0 Å². The quantitative estimate of drug-likeness (QED) is 0.625. The molecule has 152 valence electrons. The molecule has 0 bridgehead atoms. The van der Waals surface area contributed by atoms with E-state index < -0.39 is 26.6 Å². The summed E-state index contributed by atoms with van der Waals surface area (Å²) < 4.78 is 58.9. The number of halogens is 3. The van der Waals surface area contributed by atoms with Gasteiger partial charge in [0.15, 0.2) is 5.76 Å². The van der Waals surface area contributed by atoms with Crippen molar-refractivity contribution in [3.8, 4) is 0 Å². The topological polar surface area (TPSA) is 70.8 Å². The van der Waals surface area contributed by atoms with Crippen molar-refractivity contribution in [1.29, 1.82) is 0 Å². The number of rotatable bonds is 3. The van der Waals surface area contributed by atoms with Gasteiger partial charge in [-0.2, -0.15) is 4.31 Å². The van der Waals surface area contributed by atoms with Crippen LogP contribution in [0, 0.1) is 11.6 Å². The molecule has 2 aromatic carbocycles. The summed E-state index contributed by atoms with van der Waals surface area (Å²) in [5.74, 6) is -2.25. The number of benzene rings is 2. The highest BCUT2D eigenvalue weighted by molar-refractivity contribution is 7.89.